The molecular weight excluding hydrogens is 944 g/mol. The summed E-state index contributed by atoms with van der Waals surface area (Å²) in [5, 5.41) is 27.3. The zero-order valence-corrected chi connectivity index (χ0v) is 46.1. The molecule has 352 valence electrons. The number of hydrogen-bond donors (Lipinski definition) is 2. The molecule has 10 aromatic carbocycles. The van der Waals surface area contributed by atoms with E-state index < -0.39 is 0 Å². The van der Waals surface area contributed by atoms with Crippen LogP contribution in [0.3, 0.4) is 0 Å². The molecule has 0 saturated carbocycles. The second kappa shape index (κ2) is 25.5. The summed E-state index contributed by atoms with van der Waals surface area (Å²) in [5.41, 5.74) is 12.5. The largest absolute Gasteiger partial charge is 2.00 e. The maximum atomic E-state index is 9.57. The second-order valence-corrected chi connectivity index (χ2v) is 21.1. The number of fused-ring (bicyclic) bond motifs is 2. The van der Waals surface area contributed by atoms with Crippen LogP contribution in [0.1, 0.15) is 74.9 Å². The molecule has 0 heterocycles. The van der Waals surface area contributed by atoms with E-state index >= 15 is 0 Å². The van der Waals surface area contributed by atoms with Crippen molar-refractivity contribution in [3.8, 4) is 33.8 Å². The fourth-order valence-corrected chi connectivity index (χ4v) is 9.48. The van der Waals surface area contributed by atoms with Crippen LogP contribution < -0.4 is 10.4 Å². The minimum Gasteiger partial charge on any atom is -0.508 e. The van der Waals surface area contributed by atoms with Crippen molar-refractivity contribution in [1.29, 1.82) is 0 Å². The Hall–Kier alpha value is -6.32. The normalized spacial score (nSPS) is 10.8. The third-order valence-corrected chi connectivity index (χ3v) is 13.1. The fraction of sp³-hybridized carbons (Fsp3) is 0.182. The summed E-state index contributed by atoms with van der Waals surface area (Å²) in [6, 6.07) is 75.5. The van der Waals surface area contributed by atoms with E-state index in [0.717, 1.165) is 20.6 Å². The summed E-state index contributed by atoms with van der Waals surface area (Å²) in [6.45, 7) is 21.0. The molecular formula is C66H68O2SiZr. The third-order valence-electron chi connectivity index (χ3n) is 11.9. The number of hydrogen-bond acceptors (Lipinski definition) is 2. The molecule has 4 heteroatoms. The van der Waals surface area contributed by atoms with Gasteiger partial charge < -0.3 is 10.2 Å². The number of rotatable bonds is 4. The first-order valence-corrected chi connectivity index (χ1v) is 24.9. The minimum absolute atomic E-state index is 0. The number of aromatic hydroxyl groups is 2. The molecule has 10 rings (SSSR count). The summed E-state index contributed by atoms with van der Waals surface area (Å²) < 4.78 is 0. The zero-order chi connectivity index (χ0) is 49.6. The van der Waals surface area contributed by atoms with E-state index in [9.17, 15) is 10.2 Å². The zero-order valence-electron chi connectivity index (χ0n) is 42.7. The Morgan fingerprint density at radius 3 is 0.971 bits per heavy atom. The average Bonchev–Trinajstić information content (AvgIpc) is 3.87. The van der Waals surface area contributed by atoms with Gasteiger partial charge in [0.05, 0.1) is 0 Å². The van der Waals surface area contributed by atoms with Gasteiger partial charge >= 0.3 is 26.2 Å². The van der Waals surface area contributed by atoms with Crippen LogP contribution in [-0.2, 0) is 37.0 Å². The van der Waals surface area contributed by atoms with E-state index in [0.29, 0.717) is 11.5 Å². The van der Waals surface area contributed by atoms with Gasteiger partial charge in [0.15, 0.2) is 0 Å². The Morgan fingerprint density at radius 2 is 0.657 bits per heavy atom. The molecule has 0 spiro atoms. The molecule has 0 aliphatic heterocycles. The molecule has 2 nitrogen and oxygen atoms in total. The molecule has 0 amide bonds. The van der Waals surface area contributed by atoms with Gasteiger partial charge in [0, 0.05) is 0 Å². The van der Waals surface area contributed by atoms with Gasteiger partial charge in [0.2, 0.25) is 0 Å². The first-order valence-electron chi connectivity index (χ1n) is 23.9. The van der Waals surface area contributed by atoms with E-state index in [4.69, 9.17) is 0 Å². The molecule has 0 fully saturated rings. The molecule has 0 atom stereocenters. The van der Waals surface area contributed by atoms with Crippen LogP contribution in [0.5, 0.6) is 11.5 Å². The van der Waals surface area contributed by atoms with Crippen LogP contribution in [0.4, 0.5) is 0 Å². The van der Waals surface area contributed by atoms with Crippen LogP contribution in [0.2, 0.25) is 0 Å². The van der Waals surface area contributed by atoms with Crippen molar-refractivity contribution >= 4 is 41.4 Å². The fourth-order valence-electron chi connectivity index (χ4n) is 8.42. The molecule has 70 heavy (non-hydrogen) atoms. The Bertz CT molecular complexity index is 2920. The van der Waals surface area contributed by atoms with Crippen molar-refractivity contribution in [2.45, 2.75) is 80.1 Å². The smallest absolute Gasteiger partial charge is 0.508 e. The van der Waals surface area contributed by atoms with Crippen LogP contribution in [0, 0.1) is 27.7 Å². The van der Waals surface area contributed by atoms with Crippen molar-refractivity contribution in [2.75, 3.05) is 0 Å². The summed E-state index contributed by atoms with van der Waals surface area (Å²) in [6.07, 6.45) is 0. The van der Waals surface area contributed by atoms with Crippen LogP contribution in [-0.4, -0.2) is 19.7 Å². The summed E-state index contributed by atoms with van der Waals surface area (Å²) in [5.74, 6) is 0.793. The number of phenolic OH excluding ortho intramolecular Hbond substituents is 2. The molecule has 0 saturated heterocycles. The Morgan fingerprint density at radius 1 is 0.357 bits per heavy atom. The van der Waals surface area contributed by atoms with Gasteiger partial charge in [0.1, 0.15) is 21.0 Å². The van der Waals surface area contributed by atoms with Crippen molar-refractivity contribution in [2.24, 2.45) is 0 Å². The van der Waals surface area contributed by atoms with Crippen molar-refractivity contribution < 1.29 is 36.4 Å². The number of aryl methyl sites for hydroxylation is 4. The Kier molecular flexibility index (Phi) is 19.9. The third kappa shape index (κ3) is 15.3. The van der Waals surface area contributed by atoms with Gasteiger partial charge in [-0.1, -0.05) is 267 Å². The average molecular weight is 1010 g/mol. The summed E-state index contributed by atoms with van der Waals surface area (Å²) >= 11 is 0. The van der Waals surface area contributed by atoms with E-state index in [1.54, 1.807) is 12.1 Å². The standard InChI is InChI=1S/2C16H13.C12H10Si.2C11H16O.Zr/c2*1-12-11-14-9-5-6-10-15(14)16(12)13-7-3-2-4-8-13;1-3-7-11(8-4-1)13-12-9-5-2-6-10-12;2*1-8-5-6-10(12)9(7-8)11(2,3)4;/h2*2-11H,1H3;1-10H;2*5-7,12H,1-4H3;/q2*-1;;;;+2. The molecule has 2 N–H and O–H groups in total. The van der Waals surface area contributed by atoms with Crippen molar-refractivity contribution in [1.82, 2.24) is 0 Å². The molecule has 0 aliphatic carbocycles. The van der Waals surface area contributed by atoms with E-state index in [1.165, 1.54) is 76.4 Å². The molecule has 2 radical (unpaired) electrons. The van der Waals surface area contributed by atoms with Gasteiger partial charge in [0.25, 0.3) is 0 Å². The molecule has 0 bridgehead atoms. The predicted octanol–water partition coefficient (Wildman–Crippen LogP) is 16.4. The van der Waals surface area contributed by atoms with Gasteiger partial charge in [-0.3, -0.25) is 0 Å². The van der Waals surface area contributed by atoms with E-state index in [1.807, 2.05) is 38.1 Å². The summed E-state index contributed by atoms with van der Waals surface area (Å²) in [7, 11) is 0.777. The maximum absolute atomic E-state index is 9.57. The van der Waals surface area contributed by atoms with Crippen molar-refractivity contribution in [3.63, 3.8) is 0 Å². The van der Waals surface area contributed by atoms with Crippen LogP contribution in [0.25, 0.3) is 43.8 Å². The van der Waals surface area contributed by atoms with Gasteiger partial charge in [-0.15, -0.1) is 70.8 Å². The minimum atomic E-state index is 0. The first-order chi connectivity index (χ1) is 33.0. The Balaban J connectivity index is 0.000000164. The SMILES string of the molecule is Cc1cc2ccccc2[c-]1-c1ccccc1.Cc1cc2ccccc2[c-]1-c1ccccc1.Cc1ccc(O)c(C(C)(C)C)c1.Cc1ccc(O)c(C(C)(C)C)c1.[Zr+2].c1ccc([Si]c2ccccc2)cc1. The Labute approximate surface area is 440 Å². The van der Waals surface area contributed by atoms with E-state index in [-0.39, 0.29) is 37.0 Å². The van der Waals surface area contributed by atoms with Gasteiger partial charge in [-0.25, -0.2) is 0 Å². The first kappa shape index (κ1) is 54.6. The van der Waals surface area contributed by atoms with Crippen molar-refractivity contribution in [3.05, 3.63) is 252 Å². The summed E-state index contributed by atoms with van der Waals surface area (Å²) in [4.78, 5) is 0. The maximum Gasteiger partial charge on any atom is 2.00 e. The molecule has 10 aromatic rings. The van der Waals surface area contributed by atoms with Crippen LogP contribution in [0.15, 0.2) is 218 Å². The monoisotopic (exact) mass is 1010 g/mol. The second-order valence-electron chi connectivity index (χ2n) is 19.7. The molecule has 0 aliphatic rings. The van der Waals surface area contributed by atoms with Gasteiger partial charge in [-0.2, -0.15) is 0 Å². The molecule has 0 aromatic heterocycles. The van der Waals surface area contributed by atoms with E-state index in [2.05, 4.69) is 237 Å². The number of phenols is 2. The number of benzene rings is 8. The van der Waals surface area contributed by atoms with Gasteiger partial charge in [-0.05, 0) is 47.9 Å². The van der Waals surface area contributed by atoms with Crippen LogP contribution >= 0.6 is 0 Å². The molecule has 0 unspecified atom stereocenters. The topological polar surface area (TPSA) is 40.5 Å². The quantitative estimate of drug-likeness (QED) is 0.136. The predicted molar refractivity (Wildman–Crippen MR) is 300 cm³/mol.